The zero-order valence-corrected chi connectivity index (χ0v) is 10.6. The number of hydrogen-bond donors (Lipinski definition) is 2. The Bertz CT molecular complexity index is 512. The monoisotopic (exact) mass is 259 g/mol. The number of nitrogens with zero attached hydrogens (tertiary/aromatic N) is 1. The molecule has 2 unspecified atom stereocenters. The van der Waals surface area contributed by atoms with Gasteiger partial charge in [0.2, 0.25) is 5.91 Å². The van der Waals surface area contributed by atoms with Gasteiger partial charge in [0.1, 0.15) is 0 Å². The lowest BCUT2D eigenvalue weighted by Crippen LogP contribution is -2.61. The second kappa shape index (κ2) is 4.57. The number of fused-ring (bicyclic) bond motifs is 1. The van der Waals surface area contributed by atoms with E-state index in [9.17, 15) is 9.59 Å². The van der Waals surface area contributed by atoms with Gasteiger partial charge in [0.05, 0.1) is 11.6 Å². The average molecular weight is 259 g/mol. The highest BCUT2D eigenvalue weighted by Gasteiger charge is 2.42. The molecular formula is C14H17N3O2. The van der Waals surface area contributed by atoms with Gasteiger partial charge in [-0.1, -0.05) is 12.8 Å². The van der Waals surface area contributed by atoms with Crippen LogP contribution in [0.4, 0.5) is 16.2 Å². The lowest BCUT2D eigenvalue weighted by atomic mass is 9.82. The first-order valence-corrected chi connectivity index (χ1v) is 6.67. The normalized spacial score (nSPS) is 26.8. The number of rotatable bonds is 1. The molecule has 2 aliphatic rings. The van der Waals surface area contributed by atoms with Gasteiger partial charge in [-0.2, -0.15) is 0 Å². The van der Waals surface area contributed by atoms with E-state index < -0.39 is 0 Å². The fourth-order valence-corrected chi connectivity index (χ4v) is 2.96. The van der Waals surface area contributed by atoms with Crippen LogP contribution in [-0.2, 0) is 4.79 Å². The predicted molar refractivity (Wildman–Crippen MR) is 72.6 cm³/mol. The molecule has 1 saturated carbocycles. The minimum Gasteiger partial charge on any atom is -0.399 e. The molecule has 1 aromatic rings. The van der Waals surface area contributed by atoms with E-state index in [0.29, 0.717) is 11.4 Å². The van der Waals surface area contributed by atoms with Crippen LogP contribution in [0.25, 0.3) is 0 Å². The zero-order valence-electron chi connectivity index (χ0n) is 10.6. The second-order valence-corrected chi connectivity index (χ2v) is 5.21. The van der Waals surface area contributed by atoms with Crippen LogP contribution in [0, 0.1) is 5.92 Å². The number of imide groups is 1. The van der Waals surface area contributed by atoms with Crippen LogP contribution >= 0.6 is 0 Å². The predicted octanol–water partition coefficient (Wildman–Crippen LogP) is 1.88. The lowest BCUT2D eigenvalue weighted by molar-refractivity contribution is -0.124. The van der Waals surface area contributed by atoms with E-state index in [1.807, 2.05) is 0 Å². The van der Waals surface area contributed by atoms with Crippen LogP contribution in [0.1, 0.15) is 25.7 Å². The molecule has 1 aliphatic carbocycles. The van der Waals surface area contributed by atoms with Crippen molar-refractivity contribution in [3.63, 3.8) is 0 Å². The fraction of sp³-hybridized carbons (Fsp3) is 0.429. The number of hydrogen-bond acceptors (Lipinski definition) is 3. The third-order valence-corrected chi connectivity index (χ3v) is 3.97. The maximum atomic E-state index is 12.5. The Labute approximate surface area is 111 Å². The largest absolute Gasteiger partial charge is 0.399 e. The van der Waals surface area contributed by atoms with Gasteiger partial charge in [-0.15, -0.1) is 0 Å². The molecule has 3 rings (SSSR count). The summed E-state index contributed by atoms with van der Waals surface area (Å²) >= 11 is 0. The van der Waals surface area contributed by atoms with Crippen LogP contribution in [0.5, 0.6) is 0 Å². The molecule has 1 heterocycles. The van der Waals surface area contributed by atoms with Crippen molar-refractivity contribution in [3.8, 4) is 0 Å². The van der Waals surface area contributed by atoms with Crippen molar-refractivity contribution in [2.45, 2.75) is 31.7 Å². The molecule has 0 bridgehead atoms. The number of nitrogens with one attached hydrogen (secondary N) is 1. The summed E-state index contributed by atoms with van der Waals surface area (Å²) in [6.45, 7) is 0. The van der Waals surface area contributed by atoms with Crippen LogP contribution in [0.3, 0.4) is 0 Å². The molecule has 3 N–H and O–H groups in total. The van der Waals surface area contributed by atoms with Crippen LogP contribution in [0.15, 0.2) is 24.3 Å². The summed E-state index contributed by atoms with van der Waals surface area (Å²) < 4.78 is 0. The molecule has 1 saturated heterocycles. The third kappa shape index (κ3) is 2.05. The van der Waals surface area contributed by atoms with E-state index in [-0.39, 0.29) is 23.9 Å². The van der Waals surface area contributed by atoms with E-state index in [2.05, 4.69) is 5.32 Å². The molecule has 5 nitrogen and oxygen atoms in total. The van der Waals surface area contributed by atoms with Gasteiger partial charge in [0.15, 0.2) is 0 Å². The molecule has 1 aliphatic heterocycles. The second-order valence-electron chi connectivity index (χ2n) is 5.21. The highest BCUT2D eigenvalue weighted by atomic mass is 16.2. The highest BCUT2D eigenvalue weighted by molar-refractivity contribution is 6.17. The van der Waals surface area contributed by atoms with Gasteiger partial charge >= 0.3 is 6.03 Å². The van der Waals surface area contributed by atoms with Crippen molar-refractivity contribution in [1.82, 2.24) is 5.32 Å². The molecule has 0 aromatic heterocycles. The minimum atomic E-state index is -0.321. The Balaban J connectivity index is 1.90. The first kappa shape index (κ1) is 12.0. The molecule has 5 heteroatoms. The molecular weight excluding hydrogens is 242 g/mol. The SMILES string of the molecule is Nc1ccc(N2C(=O)NC3CCCCC3C2=O)cc1. The van der Waals surface area contributed by atoms with Crippen molar-refractivity contribution in [2.24, 2.45) is 5.92 Å². The van der Waals surface area contributed by atoms with E-state index >= 15 is 0 Å². The van der Waals surface area contributed by atoms with Crippen LogP contribution in [0.2, 0.25) is 0 Å². The number of amides is 3. The maximum absolute atomic E-state index is 12.5. The standard InChI is InChI=1S/C14H17N3O2/c15-9-5-7-10(8-6-9)17-13(18)11-3-1-2-4-12(11)16-14(17)19/h5-8,11-12H,1-4,15H2,(H,16,19). The third-order valence-electron chi connectivity index (χ3n) is 3.97. The molecule has 100 valence electrons. The van der Waals surface area contributed by atoms with Gasteiger partial charge in [0.25, 0.3) is 0 Å². The summed E-state index contributed by atoms with van der Waals surface area (Å²) in [5, 5.41) is 2.95. The summed E-state index contributed by atoms with van der Waals surface area (Å²) in [6, 6.07) is 6.49. The van der Waals surface area contributed by atoms with Gasteiger partial charge in [0, 0.05) is 11.7 Å². The Kier molecular flexibility index (Phi) is 2.89. The van der Waals surface area contributed by atoms with Gasteiger partial charge in [-0.25, -0.2) is 9.69 Å². The molecule has 2 atom stereocenters. The van der Waals surface area contributed by atoms with Crippen molar-refractivity contribution < 1.29 is 9.59 Å². The molecule has 0 spiro atoms. The van der Waals surface area contributed by atoms with Gasteiger partial charge < -0.3 is 11.1 Å². The topological polar surface area (TPSA) is 75.4 Å². The van der Waals surface area contributed by atoms with E-state index in [1.54, 1.807) is 24.3 Å². The average Bonchev–Trinajstić information content (AvgIpc) is 2.41. The number of anilines is 2. The number of benzene rings is 1. The Hall–Kier alpha value is -2.04. The van der Waals surface area contributed by atoms with Crippen LogP contribution in [-0.4, -0.2) is 18.0 Å². The number of carbonyl (C=O) groups is 2. The van der Waals surface area contributed by atoms with E-state index in [4.69, 9.17) is 5.73 Å². The summed E-state index contributed by atoms with van der Waals surface area (Å²) in [5.41, 5.74) is 6.83. The number of carbonyl (C=O) groups excluding carboxylic acids is 2. The first-order chi connectivity index (χ1) is 9.16. The maximum Gasteiger partial charge on any atom is 0.328 e. The Morgan fingerprint density at radius 3 is 2.53 bits per heavy atom. The minimum absolute atomic E-state index is 0.0128. The van der Waals surface area contributed by atoms with Crippen LogP contribution < -0.4 is 16.0 Å². The van der Waals surface area contributed by atoms with Crippen molar-refractivity contribution in [3.05, 3.63) is 24.3 Å². The molecule has 3 amide bonds. The fourth-order valence-electron chi connectivity index (χ4n) is 2.96. The van der Waals surface area contributed by atoms with Gasteiger partial charge in [-0.05, 0) is 37.1 Å². The number of urea groups is 1. The molecule has 0 radical (unpaired) electrons. The zero-order chi connectivity index (χ0) is 13.4. The van der Waals surface area contributed by atoms with Crippen molar-refractivity contribution in [2.75, 3.05) is 10.6 Å². The first-order valence-electron chi connectivity index (χ1n) is 6.67. The van der Waals surface area contributed by atoms with Crippen molar-refractivity contribution >= 4 is 23.3 Å². The smallest absolute Gasteiger partial charge is 0.328 e. The number of nitrogen functional groups attached to an aromatic ring is 1. The highest BCUT2D eigenvalue weighted by Crippen LogP contribution is 2.31. The lowest BCUT2D eigenvalue weighted by Gasteiger charge is -2.39. The molecule has 19 heavy (non-hydrogen) atoms. The van der Waals surface area contributed by atoms with E-state index in [1.165, 1.54) is 4.90 Å². The summed E-state index contributed by atoms with van der Waals surface area (Å²) in [5.74, 6) is -0.165. The molecule has 1 aromatic carbocycles. The van der Waals surface area contributed by atoms with Gasteiger partial charge in [-0.3, -0.25) is 4.79 Å². The molecule has 2 fully saturated rings. The van der Waals surface area contributed by atoms with Crippen molar-refractivity contribution in [1.29, 1.82) is 0 Å². The number of nitrogens with two attached hydrogens (primary N) is 1. The quantitative estimate of drug-likeness (QED) is 0.756. The van der Waals surface area contributed by atoms with E-state index in [0.717, 1.165) is 25.7 Å². The summed E-state index contributed by atoms with van der Waals surface area (Å²) in [4.78, 5) is 25.8. The Morgan fingerprint density at radius 1 is 1.11 bits per heavy atom. The Morgan fingerprint density at radius 2 is 1.79 bits per heavy atom. The summed E-state index contributed by atoms with van der Waals surface area (Å²) in [7, 11) is 0. The summed E-state index contributed by atoms with van der Waals surface area (Å²) in [6.07, 6.45) is 3.89.